The molecule has 0 fully saturated rings. The molecule has 194 valence electrons. The Labute approximate surface area is 208 Å². The van der Waals surface area contributed by atoms with Crippen LogP contribution in [0.25, 0.3) is 0 Å². The Morgan fingerprint density at radius 2 is 1.17 bits per heavy atom. The summed E-state index contributed by atoms with van der Waals surface area (Å²) in [4.78, 5) is 32.9. The molecule has 0 amide bonds. The van der Waals surface area contributed by atoms with Crippen LogP contribution in [0.3, 0.4) is 0 Å². The van der Waals surface area contributed by atoms with Crippen LogP contribution in [0.1, 0.15) is 63.9 Å². The third-order valence-corrected chi connectivity index (χ3v) is 4.35. The Morgan fingerprint density at radius 1 is 0.771 bits per heavy atom. The summed E-state index contributed by atoms with van der Waals surface area (Å²) in [5, 5.41) is 8.85. The van der Waals surface area contributed by atoms with E-state index in [0.29, 0.717) is 42.1 Å². The SMILES string of the molecule is C.CC(C)CCOC(=O)Oc1ccc(C=O)cc1.CC(C)CCOC(=O)Oc1ccc(CO)cc1. The lowest BCUT2D eigenvalue weighted by atomic mass is 10.1. The lowest BCUT2D eigenvalue weighted by Gasteiger charge is -2.07. The van der Waals surface area contributed by atoms with Crippen LogP contribution in [0.15, 0.2) is 48.5 Å². The normalized spacial score (nSPS) is 9.91. The fraction of sp³-hybridized carbons (Fsp3) is 0.444. The van der Waals surface area contributed by atoms with Gasteiger partial charge in [-0.05, 0) is 66.6 Å². The van der Waals surface area contributed by atoms with Gasteiger partial charge >= 0.3 is 12.3 Å². The topological polar surface area (TPSA) is 108 Å². The summed E-state index contributed by atoms with van der Waals surface area (Å²) < 4.78 is 19.7. The number of hydrogen-bond acceptors (Lipinski definition) is 8. The highest BCUT2D eigenvalue weighted by Crippen LogP contribution is 2.13. The first kappa shape index (κ1) is 31.6. The van der Waals surface area contributed by atoms with E-state index in [4.69, 9.17) is 24.1 Å². The van der Waals surface area contributed by atoms with Crippen molar-refractivity contribution in [3.05, 3.63) is 59.7 Å². The molecule has 2 aromatic carbocycles. The highest BCUT2D eigenvalue weighted by molar-refractivity contribution is 5.75. The van der Waals surface area contributed by atoms with Gasteiger partial charge in [0, 0.05) is 5.56 Å². The third-order valence-electron chi connectivity index (χ3n) is 4.35. The minimum atomic E-state index is -0.718. The molecule has 0 aromatic heterocycles. The predicted molar refractivity (Wildman–Crippen MR) is 134 cm³/mol. The fourth-order valence-electron chi connectivity index (χ4n) is 2.28. The second kappa shape index (κ2) is 18.0. The number of ether oxygens (including phenoxy) is 4. The molecule has 0 radical (unpaired) electrons. The molecule has 2 aromatic rings. The van der Waals surface area contributed by atoms with Gasteiger partial charge in [-0.15, -0.1) is 0 Å². The summed E-state index contributed by atoms with van der Waals surface area (Å²) >= 11 is 0. The van der Waals surface area contributed by atoms with E-state index in [1.165, 1.54) is 0 Å². The van der Waals surface area contributed by atoms with Crippen molar-refractivity contribution in [3.63, 3.8) is 0 Å². The molecule has 0 bridgehead atoms. The van der Waals surface area contributed by atoms with Crippen LogP contribution in [-0.4, -0.2) is 36.9 Å². The molecule has 0 saturated carbocycles. The second-order valence-electron chi connectivity index (χ2n) is 8.26. The largest absolute Gasteiger partial charge is 0.513 e. The quantitative estimate of drug-likeness (QED) is 0.230. The van der Waals surface area contributed by atoms with E-state index >= 15 is 0 Å². The summed E-state index contributed by atoms with van der Waals surface area (Å²) in [5.74, 6) is 1.75. The van der Waals surface area contributed by atoms with Gasteiger partial charge in [-0.3, -0.25) is 4.79 Å². The number of benzene rings is 2. The van der Waals surface area contributed by atoms with Crippen LogP contribution in [0.2, 0.25) is 0 Å². The second-order valence-corrected chi connectivity index (χ2v) is 8.26. The molecule has 0 saturated heterocycles. The van der Waals surface area contributed by atoms with Gasteiger partial charge in [0.05, 0.1) is 19.8 Å². The van der Waals surface area contributed by atoms with Gasteiger partial charge in [-0.1, -0.05) is 47.3 Å². The first-order valence-corrected chi connectivity index (χ1v) is 11.2. The zero-order valence-electron chi connectivity index (χ0n) is 20.2. The first-order valence-electron chi connectivity index (χ1n) is 11.2. The van der Waals surface area contributed by atoms with Crippen LogP contribution in [0.4, 0.5) is 9.59 Å². The Morgan fingerprint density at radius 3 is 1.51 bits per heavy atom. The van der Waals surface area contributed by atoms with Gasteiger partial charge in [0.1, 0.15) is 17.8 Å². The third kappa shape index (κ3) is 15.2. The van der Waals surface area contributed by atoms with Crippen molar-refractivity contribution in [1.82, 2.24) is 0 Å². The maximum absolute atomic E-state index is 11.3. The van der Waals surface area contributed by atoms with E-state index < -0.39 is 12.3 Å². The van der Waals surface area contributed by atoms with E-state index in [9.17, 15) is 14.4 Å². The molecule has 0 spiro atoms. The van der Waals surface area contributed by atoms with Gasteiger partial charge < -0.3 is 24.1 Å². The van der Waals surface area contributed by atoms with Crippen molar-refractivity contribution in [2.45, 2.75) is 54.6 Å². The van der Waals surface area contributed by atoms with Crippen molar-refractivity contribution in [1.29, 1.82) is 0 Å². The lowest BCUT2D eigenvalue weighted by Crippen LogP contribution is -2.12. The van der Waals surface area contributed by atoms with Gasteiger partial charge in [0.2, 0.25) is 0 Å². The smallest absolute Gasteiger partial charge is 0.434 e. The molecule has 35 heavy (non-hydrogen) atoms. The summed E-state index contributed by atoms with van der Waals surface area (Å²) in [7, 11) is 0. The molecule has 1 N–H and O–H groups in total. The predicted octanol–water partition coefficient (Wildman–Crippen LogP) is 6.44. The Bertz CT molecular complexity index is 858. The van der Waals surface area contributed by atoms with E-state index in [1.54, 1.807) is 48.5 Å². The van der Waals surface area contributed by atoms with Gasteiger partial charge in [0.15, 0.2) is 0 Å². The number of carbonyl (C=O) groups excluding carboxylic acids is 3. The average Bonchev–Trinajstić information content (AvgIpc) is 2.80. The molecule has 8 heteroatoms. The summed E-state index contributed by atoms with van der Waals surface area (Å²) in [6.45, 7) is 8.90. The summed E-state index contributed by atoms with van der Waals surface area (Å²) in [6, 6.07) is 12.9. The average molecular weight is 491 g/mol. The monoisotopic (exact) mass is 490 g/mol. The number of aliphatic hydroxyl groups is 1. The highest BCUT2D eigenvalue weighted by Gasteiger charge is 2.07. The zero-order chi connectivity index (χ0) is 25.3. The standard InChI is InChI=1S/C13H18O4.C13H16O4.CH4/c2*1-10(2)7-8-16-13(15)17-12-5-3-11(9-14)4-6-12;/h3-6,10,14H,7-9H2,1-2H3;3-6,9-10H,7-8H2,1-2H3;1H4. The number of aliphatic hydroxyl groups excluding tert-OH is 1. The minimum Gasteiger partial charge on any atom is -0.434 e. The first-order chi connectivity index (χ1) is 16.2. The Balaban J connectivity index is 0.000000642. The molecular weight excluding hydrogens is 452 g/mol. The van der Waals surface area contributed by atoms with Crippen LogP contribution in [0.5, 0.6) is 11.5 Å². The molecular formula is C27H38O8. The maximum atomic E-state index is 11.3. The van der Waals surface area contributed by atoms with Crippen molar-refractivity contribution < 1.29 is 38.4 Å². The maximum Gasteiger partial charge on any atom is 0.513 e. The van der Waals surface area contributed by atoms with Crippen molar-refractivity contribution in [3.8, 4) is 11.5 Å². The van der Waals surface area contributed by atoms with Crippen LogP contribution >= 0.6 is 0 Å². The lowest BCUT2D eigenvalue weighted by molar-refractivity contribution is 0.0937. The van der Waals surface area contributed by atoms with E-state index in [0.717, 1.165) is 24.7 Å². The van der Waals surface area contributed by atoms with Gasteiger partial charge in [-0.25, -0.2) is 9.59 Å². The summed E-state index contributed by atoms with van der Waals surface area (Å²) in [5.41, 5.74) is 1.30. The van der Waals surface area contributed by atoms with Gasteiger partial charge in [0.25, 0.3) is 0 Å². The molecule has 0 atom stereocenters. The molecule has 0 unspecified atom stereocenters. The number of carbonyl (C=O) groups is 3. The van der Waals surface area contributed by atoms with Gasteiger partial charge in [-0.2, -0.15) is 0 Å². The highest BCUT2D eigenvalue weighted by atomic mass is 16.7. The Kier molecular flexibility index (Phi) is 16.3. The molecule has 0 aliphatic rings. The minimum absolute atomic E-state index is 0. The molecule has 0 aliphatic heterocycles. The van der Waals surface area contributed by atoms with E-state index in [2.05, 4.69) is 13.8 Å². The van der Waals surface area contributed by atoms with Crippen LogP contribution in [0, 0.1) is 11.8 Å². The summed E-state index contributed by atoms with van der Waals surface area (Å²) in [6.07, 6.45) is 0.939. The fourth-order valence-corrected chi connectivity index (χ4v) is 2.28. The van der Waals surface area contributed by atoms with E-state index in [1.807, 2.05) is 13.8 Å². The Hall–Kier alpha value is -3.39. The molecule has 0 heterocycles. The molecule has 8 nitrogen and oxygen atoms in total. The van der Waals surface area contributed by atoms with Crippen LogP contribution in [-0.2, 0) is 16.1 Å². The van der Waals surface area contributed by atoms with Crippen LogP contribution < -0.4 is 9.47 Å². The zero-order valence-corrected chi connectivity index (χ0v) is 20.2. The number of hydrogen-bond donors (Lipinski definition) is 1. The van der Waals surface area contributed by atoms with Crippen molar-refractivity contribution in [2.24, 2.45) is 11.8 Å². The molecule has 0 aliphatic carbocycles. The number of aldehydes is 1. The van der Waals surface area contributed by atoms with Crippen molar-refractivity contribution >= 4 is 18.6 Å². The molecule has 2 rings (SSSR count). The van der Waals surface area contributed by atoms with Crippen molar-refractivity contribution in [2.75, 3.05) is 13.2 Å². The number of rotatable bonds is 10. The van der Waals surface area contributed by atoms with E-state index in [-0.39, 0.29) is 14.0 Å².